The summed E-state index contributed by atoms with van der Waals surface area (Å²) in [6, 6.07) is 17.0. The quantitative estimate of drug-likeness (QED) is 0.389. The molecule has 0 aliphatic rings. The number of carbonyl (C=O) groups excluding carboxylic acids is 2. The Morgan fingerprint density at radius 2 is 1.82 bits per heavy atom. The third kappa shape index (κ3) is 4.88. The van der Waals surface area contributed by atoms with Gasteiger partial charge < -0.3 is 14.6 Å². The topological polar surface area (TPSA) is 60.3 Å². The van der Waals surface area contributed by atoms with Crippen LogP contribution in [0.2, 0.25) is 5.02 Å². The summed E-state index contributed by atoms with van der Waals surface area (Å²) < 4.78 is 33.8. The molecule has 3 aromatic carbocycles. The molecule has 0 radical (unpaired) electrons. The fourth-order valence-corrected chi connectivity index (χ4v) is 3.73. The van der Waals surface area contributed by atoms with E-state index >= 15 is 0 Å². The number of rotatable bonds is 6. The minimum Gasteiger partial charge on any atom is -0.464 e. The van der Waals surface area contributed by atoms with Gasteiger partial charge in [-0.25, -0.2) is 13.6 Å². The van der Waals surface area contributed by atoms with E-state index in [2.05, 4.69) is 5.32 Å². The fraction of sp³-hybridized carbons (Fsp3) is 0.120. The number of ether oxygens (including phenoxy) is 1. The summed E-state index contributed by atoms with van der Waals surface area (Å²) >= 11 is 5.77. The fourth-order valence-electron chi connectivity index (χ4n) is 3.61. The van der Waals surface area contributed by atoms with Gasteiger partial charge in [-0.2, -0.15) is 0 Å². The first kappa shape index (κ1) is 22.5. The minimum atomic E-state index is -0.558. The van der Waals surface area contributed by atoms with Gasteiger partial charge in [0.2, 0.25) is 0 Å². The van der Waals surface area contributed by atoms with Crippen LogP contribution in [-0.2, 0) is 17.8 Å². The molecule has 0 aliphatic carbocycles. The Labute approximate surface area is 193 Å². The van der Waals surface area contributed by atoms with Crippen molar-refractivity contribution < 1.29 is 23.1 Å². The maximum absolute atomic E-state index is 13.9. The summed E-state index contributed by atoms with van der Waals surface area (Å²) in [4.78, 5) is 25.0. The molecule has 0 saturated carbocycles. The summed E-state index contributed by atoms with van der Waals surface area (Å²) in [5.74, 6) is -1.83. The van der Waals surface area contributed by atoms with Crippen LogP contribution in [0.25, 0.3) is 10.9 Å². The Morgan fingerprint density at radius 1 is 1.00 bits per heavy atom. The monoisotopic (exact) mass is 468 g/mol. The normalized spacial score (nSPS) is 10.9. The van der Waals surface area contributed by atoms with Gasteiger partial charge in [0.05, 0.1) is 12.1 Å². The van der Waals surface area contributed by atoms with Crippen molar-refractivity contribution in [1.29, 1.82) is 0 Å². The van der Waals surface area contributed by atoms with Crippen molar-refractivity contribution >= 4 is 34.4 Å². The van der Waals surface area contributed by atoms with E-state index in [1.165, 1.54) is 31.4 Å². The SMILES string of the molecule is COC(=O)c1cc2cc(C(=O)NCc3cccc(F)c3)ccc2n1Cc1ccc(Cl)c(F)c1. The molecular formula is C25H19ClF2N2O3. The molecule has 4 aromatic rings. The summed E-state index contributed by atoms with van der Waals surface area (Å²) in [5, 5.41) is 3.41. The van der Waals surface area contributed by atoms with Gasteiger partial charge in [0.25, 0.3) is 5.91 Å². The molecule has 1 N–H and O–H groups in total. The standard InChI is InChI=1S/C25H19ClF2N2O3/c1-33-25(32)23-12-18-11-17(24(31)29-13-15-3-2-4-19(27)9-15)6-8-22(18)30(23)14-16-5-7-20(26)21(28)10-16/h2-12H,13-14H2,1H3,(H,29,31). The van der Waals surface area contributed by atoms with E-state index in [-0.39, 0.29) is 35.5 Å². The van der Waals surface area contributed by atoms with Crippen LogP contribution in [0.5, 0.6) is 0 Å². The van der Waals surface area contributed by atoms with E-state index in [0.717, 1.165) is 0 Å². The predicted molar refractivity (Wildman–Crippen MR) is 121 cm³/mol. The first-order chi connectivity index (χ1) is 15.9. The average molecular weight is 469 g/mol. The lowest BCUT2D eigenvalue weighted by molar-refractivity contribution is 0.0589. The van der Waals surface area contributed by atoms with Crippen molar-refractivity contribution in [2.24, 2.45) is 0 Å². The third-order valence-electron chi connectivity index (χ3n) is 5.22. The smallest absolute Gasteiger partial charge is 0.354 e. The average Bonchev–Trinajstić information content (AvgIpc) is 3.17. The lowest BCUT2D eigenvalue weighted by atomic mass is 10.1. The molecule has 0 spiro atoms. The molecule has 8 heteroatoms. The van der Waals surface area contributed by atoms with Gasteiger partial charge in [-0.15, -0.1) is 0 Å². The molecule has 0 saturated heterocycles. The van der Waals surface area contributed by atoms with Crippen LogP contribution >= 0.6 is 11.6 Å². The number of hydrogen-bond donors (Lipinski definition) is 1. The van der Waals surface area contributed by atoms with Crippen LogP contribution in [-0.4, -0.2) is 23.6 Å². The Hall–Kier alpha value is -3.71. The maximum Gasteiger partial charge on any atom is 0.354 e. The van der Waals surface area contributed by atoms with Crippen molar-refractivity contribution in [1.82, 2.24) is 9.88 Å². The van der Waals surface area contributed by atoms with Crippen molar-refractivity contribution in [2.75, 3.05) is 7.11 Å². The molecule has 0 fully saturated rings. The zero-order chi connectivity index (χ0) is 23.5. The van der Waals surface area contributed by atoms with Crippen molar-refractivity contribution in [3.05, 3.63) is 106 Å². The number of fused-ring (bicyclic) bond motifs is 1. The summed E-state index contributed by atoms with van der Waals surface area (Å²) in [6.07, 6.45) is 0. The summed E-state index contributed by atoms with van der Waals surface area (Å²) in [5.41, 5.74) is 2.56. The predicted octanol–water partition coefficient (Wildman–Crippen LogP) is 5.34. The zero-order valence-corrected chi connectivity index (χ0v) is 18.3. The largest absolute Gasteiger partial charge is 0.464 e. The number of nitrogens with zero attached hydrogens (tertiary/aromatic N) is 1. The van der Waals surface area contributed by atoms with Gasteiger partial charge in [-0.1, -0.05) is 29.8 Å². The van der Waals surface area contributed by atoms with E-state index in [0.29, 0.717) is 27.6 Å². The van der Waals surface area contributed by atoms with Gasteiger partial charge in [-0.05, 0) is 59.7 Å². The Kier molecular flexibility index (Phi) is 6.42. The molecule has 4 rings (SSSR count). The Balaban J connectivity index is 1.64. The number of amides is 1. The second kappa shape index (κ2) is 9.42. The number of aromatic nitrogens is 1. The van der Waals surface area contributed by atoms with Crippen LogP contribution in [0, 0.1) is 11.6 Å². The molecular weight excluding hydrogens is 450 g/mol. The molecule has 0 atom stereocenters. The van der Waals surface area contributed by atoms with E-state index in [4.69, 9.17) is 16.3 Å². The number of methoxy groups -OCH3 is 1. The van der Waals surface area contributed by atoms with Crippen molar-refractivity contribution in [3.63, 3.8) is 0 Å². The number of halogens is 3. The number of esters is 1. The van der Waals surface area contributed by atoms with E-state index in [1.807, 2.05) is 0 Å². The Bertz CT molecular complexity index is 1370. The van der Waals surface area contributed by atoms with Crippen LogP contribution in [0.4, 0.5) is 8.78 Å². The zero-order valence-electron chi connectivity index (χ0n) is 17.6. The highest BCUT2D eigenvalue weighted by Gasteiger charge is 2.18. The summed E-state index contributed by atoms with van der Waals surface area (Å²) in [7, 11) is 1.28. The van der Waals surface area contributed by atoms with Gasteiger partial charge in [0.15, 0.2) is 0 Å². The molecule has 0 aliphatic heterocycles. The molecule has 0 unspecified atom stereocenters. The first-order valence-electron chi connectivity index (χ1n) is 10.0. The molecule has 5 nitrogen and oxygen atoms in total. The first-order valence-corrected chi connectivity index (χ1v) is 10.4. The molecule has 1 heterocycles. The highest BCUT2D eigenvalue weighted by Crippen LogP contribution is 2.25. The van der Waals surface area contributed by atoms with Crippen LogP contribution in [0.15, 0.2) is 66.7 Å². The van der Waals surface area contributed by atoms with Crippen molar-refractivity contribution in [2.45, 2.75) is 13.1 Å². The van der Waals surface area contributed by atoms with Gasteiger partial charge in [0, 0.05) is 29.6 Å². The second-order valence-electron chi connectivity index (χ2n) is 7.44. The van der Waals surface area contributed by atoms with Gasteiger partial charge in [0.1, 0.15) is 17.3 Å². The third-order valence-corrected chi connectivity index (χ3v) is 5.53. The molecule has 1 aromatic heterocycles. The van der Waals surface area contributed by atoms with Crippen LogP contribution in [0.3, 0.4) is 0 Å². The highest BCUT2D eigenvalue weighted by atomic mass is 35.5. The molecule has 0 bridgehead atoms. The van der Waals surface area contributed by atoms with Gasteiger partial charge in [-0.3, -0.25) is 4.79 Å². The number of carbonyl (C=O) groups is 2. The Morgan fingerprint density at radius 3 is 2.55 bits per heavy atom. The number of benzene rings is 3. The van der Waals surface area contributed by atoms with Gasteiger partial charge >= 0.3 is 5.97 Å². The lowest BCUT2D eigenvalue weighted by Crippen LogP contribution is -2.22. The van der Waals surface area contributed by atoms with Crippen LogP contribution < -0.4 is 5.32 Å². The maximum atomic E-state index is 13.9. The van der Waals surface area contributed by atoms with Crippen LogP contribution in [0.1, 0.15) is 32.0 Å². The highest BCUT2D eigenvalue weighted by molar-refractivity contribution is 6.30. The molecule has 168 valence electrons. The van der Waals surface area contributed by atoms with E-state index in [1.54, 1.807) is 47.0 Å². The second-order valence-corrected chi connectivity index (χ2v) is 7.85. The van der Waals surface area contributed by atoms with Crippen molar-refractivity contribution in [3.8, 4) is 0 Å². The minimum absolute atomic E-state index is 0.0122. The van der Waals surface area contributed by atoms with E-state index in [9.17, 15) is 18.4 Å². The lowest BCUT2D eigenvalue weighted by Gasteiger charge is -2.11. The molecule has 1 amide bonds. The molecule has 33 heavy (non-hydrogen) atoms. The van der Waals surface area contributed by atoms with E-state index < -0.39 is 11.8 Å². The number of nitrogens with one attached hydrogen (secondary N) is 1. The summed E-state index contributed by atoms with van der Waals surface area (Å²) in [6.45, 7) is 0.373. The number of hydrogen-bond acceptors (Lipinski definition) is 3.